The van der Waals surface area contributed by atoms with Crippen LogP contribution in [0.1, 0.15) is 23.3 Å². The van der Waals surface area contributed by atoms with Crippen LogP contribution >= 0.6 is 11.3 Å². The highest BCUT2D eigenvalue weighted by Crippen LogP contribution is 2.37. The maximum Gasteiger partial charge on any atom is 0.138 e. The highest BCUT2D eigenvalue weighted by molar-refractivity contribution is 7.19. The highest BCUT2D eigenvalue weighted by Gasteiger charge is 2.19. The number of ether oxygens (including phenoxy) is 1. The van der Waals surface area contributed by atoms with Crippen molar-refractivity contribution in [3.63, 3.8) is 0 Å². The smallest absolute Gasteiger partial charge is 0.138 e. The molecule has 1 aliphatic carbocycles. The molecule has 96 valence electrons. The summed E-state index contributed by atoms with van der Waals surface area (Å²) in [4.78, 5) is 11.4. The zero-order valence-corrected chi connectivity index (χ0v) is 11.3. The van der Waals surface area contributed by atoms with Crippen LogP contribution in [0.2, 0.25) is 0 Å². The van der Waals surface area contributed by atoms with Gasteiger partial charge < -0.3 is 10.1 Å². The Morgan fingerprint density at radius 2 is 2.22 bits per heavy atom. The summed E-state index contributed by atoms with van der Waals surface area (Å²) in [6.45, 7) is 1.48. The van der Waals surface area contributed by atoms with E-state index in [0.717, 1.165) is 17.2 Å². The molecule has 0 spiro atoms. The Labute approximate surface area is 110 Å². The van der Waals surface area contributed by atoms with Crippen molar-refractivity contribution in [1.29, 1.82) is 0 Å². The summed E-state index contributed by atoms with van der Waals surface area (Å²) in [5, 5.41) is 4.60. The van der Waals surface area contributed by atoms with Crippen molar-refractivity contribution in [2.45, 2.75) is 25.7 Å². The number of hydrogen-bond acceptors (Lipinski definition) is 5. The van der Waals surface area contributed by atoms with Gasteiger partial charge in [-0.05, 0) is 31.2 Å². The molecule has 0 atom stereocenters. The molecule has 0 unspecified atom stereocenters. The third-order valence-corrected chi connectivity index (χ3v) is 4.55. The average Bonchev–Trinajstić information content (AvgIpc) is 2.78. The molecule has 0 radical (unpaired) electrons. The first-order valence-corrected chi connectivity index (χ1v) is 7.20. The number of nitrogens with one attached hydrogen (secondary N) is 1. The lowest BCUT2D eigenvalue weighted by Crippen LogP contribution is -2.09. The van der Waals surface area contributed by atoms with E-state index in [9.17, 15) is 0 Å². The minimum atomic E-state index is 0.692. The molecule has 0 bridgehead atoms. The predicted octanol–water partition coefficient (Wildman–Crippen LogP) is 2.63. The Kier molecular flexibility index (Phi) is 3.43. The van der Waals surface area contributed by atoms with E-state index in [1.54, 1.807) is 13.4 Å². The van der Waals surface area contributed by atoms with Gasteiger partial charge in [-0.25, -0.2) is 9.97 Å². The average molecular weight is 263 g/mol. The molecule has 18 heavy (non-hydrogen) atoms. The zero-order valence-electron chi connectivity index (χ0n) is 10.5. The van der Waals surface area contributed by atoms with Gasteiger partial charge in [0.15, 0.2) is 0 Å². The summed E-state index contributed by atoms with van der Waals surface area (Å²) in [6.07, 6.45) is 6.61. The third-order valence-electron chi connectivity index (χ3n) is 3.35. The van der Waals surface area contributed by atoms with Crippen LogP contribution in [0.15, 0.2) is 6.33 Å². The number of thiophene rings is 1. The van der Waals surface area contributed by atoms with Gasteiger partial charge in [-0.2, -0.15) is 0 Å². The second-order valence-electron chi connectivity index (χ2n) is 4.53. The predicted molar refractivity (Wildman–Crippen MR) is 74.4 cm³/mol. The molecule has 1 aliphatic rings. The summed E-state index contributed by atoms with van der Waals surface area (Å²) in [7, 11) is 1.71. The first-order chi connectivity index (χ1) is 8.90. The molecule has 0 aromatic carbocycles. The summed E-state index contributed by atoms with van der Waals surface area (Å²) < 4.78 is 5.07. The van der Waals surface area contributed by atoms with Crippen LogP contribution in [0.3, 0.4) is 0 Å². The van der Waals surface area contributed by atoms with Gasteiger partial charge in [0.1, 0.15) is 17.0 Å². The number of rotatable bonds is 4. The maximum absolute atomic E-state index is 5.07. The van der Waals surface area contributed by atoms with Gasteiger partial charge in [-0.1, -0.05) is 0 Å². The first-order valence-electron chi connectivity index (χ1n) is 6.38. The van der Waals surface area contributed by atoms with E-state index >= 15 is 0 Å². The molecule has 0 saturated carbocycles. The second-order valence-corrected chi connectivity index (χ2v) is 5.62. The van der Waals surface area contributed by atoms with E-state index in [2.05, 4.69) is 15.3 Å². The fourth-order valence-electron chi connectivity index (χ4n) is 2.50. The van der Waals surface area contributed by atoms with E-state index in [0.29, 0.717) is 6.61 Å². The Morgan fingerprint density at radius 1 is 1.33 bits per heavy atom. The van der Waals surface area contributed by atoms with Crippen LogP contribution in [0.4, 0.5) is 5.82 Å². The van der Waals surface area contributed by atoms with Gasteiger partial charge in [0.25, 0.3) is 0 Å². The van der Waals surface area contributed by atoms with Crippen molar-refractivity contribution >= 4 is 27.4 Å². The minimum Gasteiger partial charge on any atom is -0.383 e. The maximum atomic E-state index is 5.07. The van der Waals surface area contributed by atoms with Crippen molar-refractivity contribution < 1.29 is 4.74 Å². The van der Waals surface area contributed by atoms with Gasteiger partial charge in [-0.3, -0.25) is 0 Å². The second kappa shape index (κ2) is 5.20. The molecule has 0 aliphatic heterocycles. The molecule has 5 heteroatoms. The molecule has 2 heterocycles. The fraction of sp³-hybridized carbons (Fsp3) is 0.538. The number of aryl methyl sites for hydroxylation is 2. The van der Waals surface area contributed by atoms with E-state index in [4.69, 9.17) is 4.74 Å². The summed E-state index contributed by atoms with van der Waals surface area (Å²) in [5.41, 5.74) is 1.47. The molecule has 0 saturated heterocycles. The number of methoxy groups -OCH3 is 1. The lowest BCUT2D eigenvalue weighted by Gasteiger charge is -2.12. The van der Waals surface area contributed by atoms with Crippen molar-refractivity contribution in [3.05, 3.63) is 16.8 Å². The summed E-state index contributed by atoms with van der Waals surface area (Å²) >= 11 is 1.83. The monoisotopic (exact) mass is 263 g/mol. The van der Waals surface area contributed by atoms with Gasteiger partial charge in [0, 0.05) is 18.5 Å². The quantitative estimate of drug-likeness (QED) is 0.861. The van der Waals surface area contributed by atoms with E-state index in [1.807, 2.05) is 11.3 Å². The molecule has 4 nitrogen and oxygen atoms in total. The Bertz CT molecular complexity index is 552. The van der Waals surface area contributed by atoms with E-state index in [1.165, 1.54) is 41.5 Å². The largest absolute Gasteiger partial charge is 0.383 e. The molecule has 3 rings (SSSR count). The van der Waals surface area contributed by atoms with Gasteiger partial charge >= 0.3 is 0 Å². The van der Waals surface area contributed by atoms with Crippen LogP contribution in [-0.4, -0.2) is 30.2 Å². The van der Waals surface area contributed by atoms with Crippen molar-refractivity contribution in [3.8, 4) is 0 Å². The molecule has 0 amide bonds. The van der Waals surface area contributed by atoms with Crippen LogP contribution in [0, 0.1) is 0 Å². The molecule has 1 N–H and O–H groups in total. The Morgan fingerprint density at radius 3 is 3.11 bits per heavy atom. The Hall–Kier alpha value is -1.20. The molecular weight excluding hydrogens is 246 g/mol. The molecule has 0 fully saturated rings. The van der Waals surface area contributed by atoms with Gasteiger partial charge in [-0.15, -0.1) is 11.3 Å². The van der Waals surface area contributed by atoms with Gasteiger partial charge in [0.05, 0.1) is 12.0 Å². The van der Waals surface area contributed by atoms with Crippen molar-refractivity contribution in [1.82, 2.24) is 9.97 Å². The van der Waals surface area contributed by atoms with Crippen molar-refractivity contribution in [2.75, 3.05) is 25.6 Å². The van der Waals surface area contributed by atoms with Crippen LogP contribution in [0.25, 0.3) is 10.2 Å². The zero-order chi connectivity index (χ0) is 12.4. The van der Waals surface area contributed by atoms with E-state index in [-0.39, 0.29) is 0 Å². The molecular formula is C13H17N3OS. The number of aromatic nitrogens is 2. The van der Waals surface area contributed by atoms with Crippen molar-refractivity contribution in [2.24, 2.45) is 0 Å². The minimum absolute atomic E-state index is 0.692. The van der Waals surface area contributed by atoms with Crippen LogP contribution in [-0.2, 0) is 17.6 Å². The normalized spacial score (nSPS) is 14.7. The fourth-order valence-corrected chi connectivity index (χ4v) is 3.72. The number of anilines is 1. The standard InChI is InChI=1S/C13H17N3OS/c1-17-7-6-14-12-11-9-4-2-3-5-10(9)18-13(11)16-8-15-12/h8H,2-7H2,1H3,(H,14,15,16). The topological polar surface area (TPSA) is 47.0 Å². The highest BCUT2D eigenvalue weighted by atomic mass is 32.1. The third kappa shape index (κ3) is 2.08. The van der Waals surface area contributed by atoms with Crippen LogP contribution in [0.5, 0.6) is 0 Å². The number of fused-ring (bicyclic) bond motifs is 3. The molecule has 2 aromatic heterocycles. The summed E-state index contributed by atoms with van der Waals surface area (Å²) in [5.74, 6) is 0.969. The lowest BCUT2D eigenvalue weighted by molar-refractivity contribution is 0.210. The number of hydrogen-bond donors (Lipinski definition) is 1. The Balaban J connectivity index is 2.00. The molecule has 2 aromatic rings. The number of nitrogens with zero attached hydrogens (tertiary/aromatic N) is 2. The summed E-state index contributed by atoms with van der Waals surface area (Å²) in [6, 6.07) is 0. The lowest BCUT2D eigenvalue weighted by atomic mass is 9.97. The first kappa shape index (κ1) is 11.9. The SMILES string of the molecule is COCCNc1ncnc2sc3c(c12)CCCC3. The van der Waals surface area contributed by atoms with E-state index < -0.39 is 0 Å². The van der Waals surface area contributed by atoms with Gasteiger partial charge in [0.2, 0.25) is 0 Å². The van der Waals surface area contributed by atoms with Crippen LogP contribution < -0.4 is 5.32 Å².